The molecule has 0 saturated carbocycles. The Labute approximate surface area is 229 Å². The third-order valence-electron chi connectivity index (χ3n) is 7.54. The highest BCUT2D eigenvalue weighted by Crippen LogP contribution is 2.42. The van der Waals surface area contributed by atoms with Gasteiger partial charge in [0.25, 0.3) is 5.91 Å². The third-order valence-corrected chi connectivity index (χ3v) is 9.40. The number of rotatable bonds is 5. The molecule has 0 radical (unpaired) electrons. The highest BCUT2D eigenvalue weighted by molar-refractivity contribution is 7.89. The molecule has 11 heteroatoms. The second-order valence-corrected chi connectivity index (χ2v) is 13.4. The van der Waals surface area contributed by atoms with E-state index in [0.717, 1.165) is 30.5 Å². The molecule has 3 aromatic rings. The molecule has 0 aliphatic carbocycles. The van der Waals surface area contributed by atoms with Gasteiger partial charge >= 0.3 is 6.09 Å². The van der Waals surface area contributed by atoms with Crippen LogP contribution in [0.15, 0.2) is 59.9 Å². The Bertz CT molecular complexity index is 1470. The van der Waals surface area contributed by atoms with Crippen LogP contribution in [-0.2, 0) is 21.3 Å². The van der Waals surface area contributed by atoms with E-state index in [9.17, 15) is 18.0 Å². The molecule has 1 N–H and O–H groups in total. The number of benzene rings is 1. The number of nitrogens with zero attached hydrogens (tertiary/aromatic N) is 4. The van der Waals surface area contributed by atoms with Crippen LogP contribution in [-0.4, -0.2) is 70.8 Å². The van der Waals surface area contributed by atoms with Crippen molar-refractivity contribution in [2.45, 2.75) is 57.1 Å². The summed E-state index contributed by atoms with van der Waals surface area (Å²) in [5, 5.41) is 2.88. The highest BCUT2D eigenvalue weighted by atomic mass is 32.2. The monoisotopic (exact) mass is 553 g/mol. The van der Waals surface area contributed by atoms with Crippen molar-refractivity contribution in [3.63, 3.8) is 0 Å². The molecule has 1 spiro atoms. The molecule has 208 valence electrons. The number of aromatic nitrogens is 2. The largest absolute Gasteiger partial charge is 0.444 e. The topological polar surface area (TPSA) is 113 Å². The fraction of sp³-hybridized carbons (Fsp3) is 0.464. The Morgan fingerprint density at radius 2 is 1.72 bits per heavy atom. The number of carbonyl (C=O) groups excluding carboxylic acids is 2. The lowest BCUT2D eigenvalue weighted by Crippen LogP contribution is -2.46. The maximum absolute atomic E-state index is 13.4. The molecule has 4 heterocycles. The second-order valence-electron chi connectivity index (χ2n) is 11.5. The minimum Gasteiger partial charge on any atom is -0.444 e. The molecular weight excluding hydrogens is 518 g/mol. The summed E-state index contributed by atoms with van der Waals surface area (Å²) >= 11 is 0. The Morgan fingerprint density at radius 1 is 1.03 bits per heavy atom. The van der Waals surface area contributed by atoms with E-state index in [1.54, 1.807) is 68.6 Å². The summed E-state index contributed by atoms with van der Waals surface area (Å²) in [6.07, 6.45) is 7.15. The molecule has 1 aromatic carbocycles. The number of imidazole rings is 1. The summed E-state index contributed by atoms with van der Waals surface area (Å²) in [4.78, 5) is 31.1. The number of hydrogen-bond donors (Lipinski definition) is 1. The van der Waals surface area contributed by atoms with Gasteiger partial charge in [-0.2, -0.15) is 4.31 Å². The lowest BCUT2D eigenvalue weighted by atomic mass is 9.78. The molecule has 2 fully saturated rings. The molecule has 2 saturated heterocycles. The van der Waals surface area contributed by atoms with Gasteiger partial charge in [-0.3, -0.25) is 4.79 Å². The van der Waals surface area contributed by atoms with Gasteiger partial charge in [0.1, 0.15) is 11.2 Å². The number of fused-ring (bicyclic) bond motifs is 1. The van der Waals surface area contributed by atoms with Crippen LogP contribution < -0.4 is 5.32 Å². The Morgan fingerprint density at radius 3 is 2.41 bits per heavy atom. The van der Waals surface area contributed by atoms with Crippen molar-refractivity contribution < 1.29 is 22.7 Å². The maximum Gasteiger partial charge on any atom is 0.410 e. The van der Waals surface area contributed by atoms with Gasteiger partial charge in [-0.1, -0.05) is 12.1 Å². The molecule has 2 amide bonds. The van der Waals surface area contributed by atoms with E-state index in [0.29, 0.717) is 31.7 Å². The normalized spacial score (nSPS) is 18.0. The lowest BCUT2D eigenvalue weighted by Gasteiger charge is -2.39. The minimum atomic E-state index is -3.64. The summed E-state index contributed by atoms with van der Waals surface area (Å²) in [5.41, 5.74) is 1.42. The first-order chi connectivity index (χ1) is 18.4. The van der Waals surface area contributed by atoms with E-state index in [-0.39, 0.29) is 28.9 Å². The van der Waals surface area contributed by atoms with Crippen LogP contribution in [0.25, 0.3) is 5.65 Å². The van der Waals surface area contributed by atoms with Crippen LogP contribution in [0, 0.1) is 5.41 Å². The van der Waals surface area contributed by atoms with Crippen LogP contribution in [0.3, 0.4) is 0 Å². The Kier molecular flexibility index (Phi) is 7.15. The maximum atomic E-state index is 13.4. The molecule has 10 nitrogen and oxygen atoms in total. The van der Waals surface area contributed by atoms with E-state index in [1.807, 2.05) is 20.8 Å². The fourth-order valence-electron chi connectivity index (χ4n) is 5.26. The number of amides is 2. The quantitative estimate of drug-likeness (QED) is 0.516. The number of hydrogen-bond acceptors (Lipinski definition) is 6. The van der Waals surface area contributed by atoms with E-state index in [1.165, 1.54) is 0 Å². The van der Waals surface area contributed by atoms with Crippen molar-refractivity contribution in [3.05, 3.63) is 66.1 Å². The molecule has 5 rings (SSSR count). The standard InChI is InChI=1S/C28H35N5O5S/c1-27(2,3)38-26(35)31-14-10-28(11-15-31)12-16-33(20-28)39(36,37)23-7-4-21(5-8-23)18-30-25(34)22-6-9-24-29-13-17-32(24)19-22/h4-9,13,17,19H,10-12,14-16,18,20H2,1-3H3,(H,30,34). The number of pyridine rings is 1. The van der Waals surface area contributed by atoms with Gasteiger partial charge in [0.05, 0.1) is 10.5 Å². The number of piperidine rings is 1. The SMILES string of the molecule is CC(C)(C)OC(=O)N1CCC2(CC1)CCN(S(=O)(=O)c1ccc(CNC(=O)c3ccc4nccn4c3)cc1)C2. The van der Waals surface area contributed by atoms with Crippen molar-refractivity contribution in [2.24, 2.45) is 5.41 Å². The molecule has 39 heavy (non-hydrogen) atoms. The van der Waals surface area contributed by atoms with Gasteiger partial charge in [-0.25, -0.2) is 18.2 Å². The Balaban J connectivity index is 1.16. The first kappa shape index (κ1) is 27.1. The smallest absolute Gasteiger partial charge is 0.410 e. The number of carbonyl (C=O) groups is 2. The predicted octanol–water partition coefficient (Wildman–Crippen LogP) is 3.68. The molecule has 2 aromatic heterocycles. The van der Waals surface area contributed by atoms with Gasteiger partial charge in [-0.15, -0.1) is 0 Å². The molecule has 2 aliphatic heterocycles. The molecular formula is C28H35N5O5S. The third kappa shape index (κ3) is 5.94. The van der Waals surface area contributed by atoms with E-state index < -0.39 is 15.6 Å². The summed E-state index contributed by atoms with van der Waals surface area (Å²) in [6, 6.07) is 10.2. The summed E-state index contributed by atoms with van der Waals surface area (Å²) in [7, 11) is -3.64. The molecule has 0 atom stereocenters. The molecule has 0 unspecified atom stereocenters. The minimum absolute atomic E-state index is 0.116. The zero-order chi connectivity index (χ0) is 27.8. The van der Waals surface area contributed by atoms with Crippen LogP contribution in [0.4, 0.5) is 4.79 Å². The van der Waals surface area contributed by atoms with Gasteiger partial charge in [-0.05, 0) is 75.3 Å². The van der Waals surface area contributed by atoms with Gasteiger partial charge < -0.3 is 19.4 Å². The zero-order valence-electron chi connectivity index (χ0n) is 22.6. The van der Waals surface area contributed by atoms with E-state index in [2.05, 4.69) is 10.3 Å². The van der Waals surface area contributed by atoms with Crippen molar-refractivity contribution >= 4 is 27.7 Å². The van der Waals surface area contributed by atoms with Gasteiger partial charge in [0.15, 0.2) is 0 Å². The first-order valence-electron chi connectivity index (χ1n) is 13.2. The summed E-state index contributed by atoms with van der Waals surface area (Å²) in [6.45, 7) is 7.89. The Hall–Kier alpha value is -3.44. The summed E-state index contributed by atoms with van der Waals surface area (Å²) in [5.74, 6) is -0.220. The fourth-order valence-corrected chi connectivity index (χ4v) is 6.82. The van der Waals surface area contributed by atoms with Crippen LogP contribution in [0.5, 0.6) is 0 Å². The predicted molar refractivity (Wildman–Crippen MR) is 146 cm³/mol. The molecule has 2 aliphatic rings. The number of sulfonamides is 1. The lowest BCUT2D eigenvalue weighted by molar-refractivity contribution is 0.0115. The average Bonchev–Trinajstić information content (AvgIpc) is 3.54. The number of nitrogens with one attached hydrogen (secondary N) is 1. The van der Waals surface area contributed by atoms with Crippen LogP contribution >= 0.6 is 0 Å². The number of likely N-dealkylation sites (tertiary alicyclic amines) is 1. The van der Waals surface area contributed by atoms with Crippen molar-refractivity contribution in [1.29, 1.82) is 0 Å². The summed E-state index contributed by atoms with van der Waals surface area (Å²) < 4.78 is 35.6. The average molecular weight is 554 g/mol. The van der Waals surface area contributed by atoms with E-state index in [4.69, 9.17) is 4.74 Å². The number of ether oxygens (including phenoxy) is 1. The van der Waals surface area contributed by atoms with Crippen LogP contribution in [0.2, 0.25) is 0 Å². The highest BCUT2D eigenvalue weighted by Gasteiger charge is 2.45. The first-order valence-corrected chi connectivity index (χ1v) is 14.7. The van der Waals surface area contributed by atoms with Crippen molar-refractivity contribution in [1.82, 2.24) is 23.9 Å². The van der Waals surface area contributed by atoms with Crippen molar-refractivity contribution in [2.75, 3.05) is 26.2 Å². The van der Waals surface area contributed by atoms with Gasteiger partial charge in [0, 0.05) is 51.3 Å². The van der Waals surface area contributed by atoms with Crippen molar-refractivity contribution in [3.8, 4) is 0 Å². The molecule has 0 bridgehead atoms. The zero-order valence-corrected chi connectivity index (χ0v) is 23.4. The van der Waals surface area contributed by atoms with Crippen LogP contribution in [0.1, 0.15) is 56.0 Å². The van der Waals surface area contributed by atoms with E-state index >= 15 is 0 Å². The second kappa shape index (κ2) is 10.3. The van der Waals surface area contributed by atoms with Gasteiger partial charge in [0.2, 0.25) is 10.0 Å².